The van der Waals surface area contributed by atoms with Crippen molar-refractivity contribution in [2.75, 3.05) is 32.8 Å². The Bertz CT molecular complexity index is 755. The SMILES string of the molecule is C=CCCOC(=O)[C@@H]1[C@H]2C(=O)N(CCCO)C(C(=O)N(CC=C)CCCCC)C23CC[C@H]1O3. The van der Waals surface area contributed by atoms with E-state index in [-0.39, 0.29) is 31.6 Å². The molecule has 0 saturated carbocycles. The first-order valence-electron chi connectivity index (χ1n) is 12.2. The highest BCUT2D eigenvalue weighted by molar-refractivity contribution is 5.98. The first-order chi connectivity index (χ1) is 16.0. The second-order valence-corrected chi connectivity index (χ2v) is 9.19. The molecule has 8 heteroatoms. The average molecular weight is 463 g/mol. The van der Waals surface area contributed by atoms with Gasteiger partial charge in [0.15, 0.2) is 0 Å². The number of hydrogen-bond donors (Lipinski definition) is 1. The smallest absolute Gasteiger partial charge is 0.312 e. The number of rotatable bonds is 14. The Hall–Kier alpha value is -2.19. The molecule has 3 aliphatic heterocycles. The lowest BCUT2D eigenvalue weighted by Crippen LogP contribution is -2.56. The van der Waals surface area contributed by atoms with Crippen LogP contribution in [0.5, 0.6) is 0 Å². The van der Waals surface area contributed by atoms with Crippen LogP contribution in [-0.4, -0.2) is 83.3 Å². The second-order valence-electron chi connectivity index (χ2n) is 9.19. The number of hydrogen-bond acceptors (Lipinski definition) is 6. The fraction of sp³-hybridized carbons (Fsp3) is 0.720. The van der Waals surface area contributed by atoms with Gasteiger partial charge in [-0.05, 0) is 32.1 Å². The van der Waals surface area contributed by atoms with Crippen molar-refractivity contribution in [2.45, 2.75) is 69.6 Å². The molecule has 5 atom stereocenters. The molecule has 3 fully saturated rings. The van der Waals surface area contributed by atoms with Crippen LogP contribution >= 0.6 is 0 Å². The largest absolute Gasteiger partial charge is 0.465 e. The van der Waals surface area contributed by atoms with Gasteiger partial charge in [-0.15, -0.1) is 13.2 Å². The van der Waals surface area contributed by atoms with Gasteiger partial charge in [0.05, 0.1) is 24.5 Å². The minimum Gasteiger partial charge on any atom is -0.465 e. The molecule has 1 N–H and O–H groups in total. The maximum Gasteiger partial charge on any atom is 0.312 e. The molecular weight excluding hydrogens is 424 g/mol. The van der Waals surface area contributed by atoms with Crippen LogP contribution in [0, 0.1) is 11.8 Å². The minimum absolute atomic E-state index is 0.0915. The molecule has 0 radical (unpaired) electrons. The maximum atomic E-state index is 13.9. The monoisotopic (exact) mass is 462 g/mol. The van der Waals surface area contributed by atoms with E-state index in [0.29, 0.717) is 38.8 Å². The molecule has 3 aliphatic rings. The van der Waals surface area contributed by atoms with Crippen LogP contribution in [-0.2, 0) is 23.9 Å². The fourth-order valence-electron chi connectivity index (χ4n) is 5.69. The first-order valence-corrected chi connectivity index (χ1v) is 12.2. The number of nitrogens with zero attached hydrogens (tertiary/aromatic N) is 2. The molecule has 0 aromatic heterocycles. The topological polar surface area (TPSA) is 96.4 Å². The van der Waals surface area contributed by atoms with E-state index in [9.17, 15) is 19.5 Å². The Balaban J connectivity index is 1.91. The van der Waals surface area contributed by atoms with E-state index in [1.165, 1.54) is 0 Å². The summed E-state index contributed by atoms with van der Waals surface area (Å²) in [5, 5.41) is 9.41. The van der Waals surface area contributed by atoms with Gasteiger partial charge in [0.2, 0.25) is 11.8 Å². The Morgan fingerprint density at radius 3 is 2.76 bits per heavy atom. The first kappa shape index (κ1) is 25.4. The van der Waals surface area contributed by atoms with Crippen LogP contribution in [0.4, 0.5) is 0 Å². The lowest BCUT2D eigenvalue weighted by molar-refractivity contribution is -0.155. The Morgan fingerprint density at radius 2 is 2.09 bits per heavy atom. The summed E-state index contributed by atoms with van der Waals surface area (Å²) in [6.07, 6.45) is 7.90. The molecule has 8 nitrogen and oxygen atoms in total. The number of aliphatic hydroxyl groups is 1. The number of fused-ring (bicyclic) bond motifs is 1. The van der Waals surface area contributed by atoms with E-state index >= 15 is 0 Å². The third kappa shape index (κ3) is 4.73. The van der Waals surface area contributed by atoms with E-state index in [1.54, 1.807) is 22.0 Å². The van der Waals surface area contributed by atoms with E-state index in [1.807, 2.05) is 0 Å². The van der Waals surface area contributed by atoms with Crippen molar-refractivity contribution in [3.05, 3.63) is 25.3 Å². The van der Waals surface area contributed by atoms with Crippen LogP contribution in [0.2, 0.25) is 0 Å². The van der Waals surface area contributed by atoms with Gasteiger partial charge in [-0.2, -0.15) is 0 Å². The van der Waals surface area contributed by atoms with Gasteiger partial charge in [-0.3, -0.25) is 14.4 Å². The van der Waals surface area contributed by atoms with Crippen molar-refractivity contribution in [1.29, 1.82) is 0 Å². The van der Waals surface area contributed by atoms with E-state index in [0.717, 1.165) is 19.3 Å². The maximum absolute atomic E-state index is 13.9. The lowest BCUT2D eigenvalue weighted by atomic mass is 9.70. The van der Waals surface area contributed by atoms with Crippen LogP contribution in [0.1, 0.15) is 51.9 Å². The highest BCUT2D eigenvalue weighted by Crippen LogP contribution is 2.58. The van der Waals surface area contributed by atoms with Crippen LogP contribution in [0.25, 0.3) is 0 Å². The van der Waals surface area contributed by atoms with Crippen molar-refractivity contribution >= 4 is 17.8 Å². The molecular formula is C25H38N2O6. The van der Waals surface area contributed by atoms with E-state index < -0.39 is 35.6 Å². The Labute approximate surface area is 196 Å². The van der Waals surface area contributed by atoms with Gasteiger partial charge in [-0.25, -0.2) is 0 Å². The molecule has 0 aromatic rings. The molecule has 2 bridgehead atoms. The highest BCUT2D eigenvalue weighted by Gasteiger charge is 2.74. The number of esters is 1. The molecule has 2 amide bonds. The summed E-state index contributed by atoms with van der Waals surface area (Å²) in [5.41, 5.74) is -1.03. The average Bonchev–Trinajstić information content (AvgIpc) is 3.44. The molecule has 3 saturated heterocycles. The van der Waals surface area contributed by atoms with Gasteiger partial charge in [-0.1, -0.05) is 31.9 Å². The van der Waals surface area contributed by atoms with Gasteiger partial charge in [0.25, 0.3) is 0 Å². The van der Waals surface area contributed by atoms with Crippen LogP contribution < -0.4 is 0 Å². The summed E-state index contributed by atoms with van der Waals surface area (Å²) in [7, 11) is 0. The number of amides is 2. The lowest BCUT2D eigenvalue weighted by Gasteiger charge is -2.36. The number of likely N-dealkylation sites (tertiary alicyclic amines) is 1. The van der Waals surface area contributed by atoms with E-state index in [4.69, 9.17) is 9.47 Å². The summed E-state index contributed by atoms with van der Waals surface area (Å²) in [6.45, 7) is 10.9. The van der Waals surface area contributed by atoms with Gasteiger partial charge >= 0.3 is 5.97 Å². The van der Waals surface area contributed by atoms with E-state index in [2.05, 4.69) is 20.1 Å². The van der Waals surface area contributed by atoms with Crippen molar-refractivity contribution in [3.8, 4) is 0 Å². The second kappa shape index (κ2) is 11.3. The zero-order chi connectivity index (χ0) is 24.0. The fourth-order valence-corrected chi connectivity index (χ4v) is 5.69. The summed E-state index contributed by atoms with van der Waals surface area (Å²) in [6, 6.07) is -0.806. The molecule has 184 valence electrons. The number of aliphatic hydroxyl groups excluding tert-OH is 1. The predicted molar refractivity (Wildman–Crippen MR) is 123 cm³/mol. The summed E-state index contributed by atoms with van der Waals surface area (Å²) < 4.78 is 11.8. The normalized spacial score (nSPS) is 29.8. The summed E-state index contributed by atoms with van der Waals surface area (Å²) >= 11 is 0. The Morgan fingerprint density at radius 1 is 1.30 bits per heavy atom. The summed E-state index contributed by atoms with van der Waals surface area (Å²) in [5.74, 6) is -2.30. The molecule has 3 heterocycles. The third-order valence-corrected chi connectivity index (χ3v) is 7.12. The third-order valence-electron chi connectivity index (χ3n) is 7.12. The van der Waals surface area contributed by atoms with Gasteiger partial charge in [0, 0.05) is 26.2 Å². The molecule has 3 rings (SSSR count). The molecule has 33 heavy (non-hydrogen) atoms. The Kier molecular flexibility index (Phi) is 8.70. The number of carbonyl (C=O) groups is 3. The van der Waals surface area contributed by atoms with Crippen molar-refractivity contribution < 1.29 is 29.0 Å². The van der Waals surface area contributed by atoms with Crippen molar-refractivity contribution in [2.24, 2.45) is 11.8 Å². The molecule has 2 unspecified atom stereocenters. The zero-order valence-electron chi connectivity index (χ0n) is 19.7. The van der Waals surface area contributed by atoms with Crippen LogP contribution in [0.15, 0.2) is 25.3 Å². The van der Waals surface area contributed by atoms with Crippen molar-refractivity contribution in [1.82, 2.24) is 9.80 Å². The van der Waals surface area contributed by atoms with Crippen LogP contribution in [0.3, 0.4) is 0 Å². The number of unbranched alkanes of at least 4 members (excludes halogenated alkanes) is 2. The summed E-state index contributed by atoms with van der Waals surface area (Å²) in [4.78, 5) is 43.7. The highest BCUT2D eigenvalue weighted by atomic mass is 16.6. The van der Waals surface area contributed by atoms with Gasteiger partial charge in [0.1, 0.15) is 11.6 Å². The molecule has 0 aromatic carbocycles. The predicted octanol–water partition coefficient (Wildman–Crippen LogP) is 2.07. The van der Waals surface area contributed by atoms with Gasteiger partial charge < -0.3 is 24.4 Å². The molecule has 1 spiro atoms. The number of carbonyl (C=O) groups excluding carboxylic acids is 3. The molecule has 0 aliphatic carbocycles. The quantitative estimate of drug-likeness (QED) is 0.241. The zero-order valence-corrected chi connectivity index (χ0v) is 19.7. The minimum atomic E-state index is -1.03. The number of ether oxygens (including phenoxy) is 2. The standard InChI is InChI=1S/C25H38N2O6/c1-4-7-9-14-26(13-6-3)23(30)21-25-12-11-18(33-25)19(24(31)32-17-8-5-2)20(25)22(29)27(21)15-10-16-28/h5-6,18-21,28H,2-4,7-17H2,1H3/t18-,19+,20+,21?,25?/m1/s1. The van der Waals surface area contributed by atoms with Crippen molar-refractivity contribution in [3.63, 3.8) is 0 Å².